The molecule has 0 bridgehead atoms. The van der Waals surface area contributed by atoms with Gasteiger partial charge in [-0.15, -0.1) is 0 Å². The Morgan fingerprint density at radius 2 is 2.05 bits per heavy atom. The maximum absolute atomic E-state index is 13.6. The van der Waals surface area contributed by atoms with Crippen LogP contribution < -0.4 is 5.73 Å². The fourth-order valence-corrected chi connectivity index (χ4v) is 1.93. The molecule has 1 aromatic heterocycles. The van der Waals surface area contributed by atoms with Crippen LogP contribution in [-0.2, 0) is 6.54 Å². The quantitative estimate of drug-likeness (QED) is 0.923. The van der Waals surface area contributed by atoms with Gasteiger partial charge in [0.1, 0.15) is 11.6 Å². The van der Waals surface area contributed by atoms with Crippen molar-refractivity contribution < 1.29 is 8.78 Å². The van der Waals surface area contributed by atoms with Crippen LogP contribution in [0.25, 0.3) is 0 Å². The molecule has 0 fully saturated rings. The molecule has 0 amide bonds. The minimum Gasteiger partial charge on any atom is -0.329 e. The van der Waals surface area contributed by atoms with Gasteiger partial charge >= 0.3 is 0 Å². The molecule has 0 saturated heterocycles. The first kappa shape index (κ1) is 13.7. The number of hydrogen-bond donors (Lipinski definition) is 1. The average molecular weight is 265 g/mol. The Bertz CT molecular complexity index is 564. The molecule has 2 aromatic rings. The molecule has 0 radical (unpaired) electrons. The van der Waals surface area contributed by atoms with E-state index in [1.165, 1.54) is 6.07 Å². The Hall–Kier alpha value is -1.75. The van der Waals surface area contributed by atoms with Crippen LogP contribution in [0.2, 0.25) is 0 Å². The van der Waals surface area contributed by atoms with Gasteiger partial charge in [-0.25, -0.2) is 13.8 Å². The molecule has 1 atom stereocenters. The minimum atomic E-state index is -0.453. The molecule has 0 aliphatic heterocycles. The summed E-state index contributed by atoms with van der Waals surface area (Å²) in [7, 11) is 0. The van der Waals surface area contributed by atoms with Crippen LogP contribution in [-0.4, -0.2) is 9.55 Å². The maximum Gasteiger partial charge on any atom is 0.128 e. The second-order valence-corrected chi connectivity index (χ2v) is 4.95. The SMILES string of the molecule is CC(C)C(N)c1cncn1Cc1cc(F)ccc1F. The third-order valence-electron chi connectivity index (χ3n) is 3.15. The van der Waals surface area contributed by atoms with Gasteiger partial charge in [-0.2, -0.15) is 0 Å². The molecular weight excluding hydrogens is 248 g/mol. The van der Waals surface area contributed by atoms with Crippen LogP contribution in [0.4, 0.5) is 8.78 Å². The molecule has 0 saturated carbocycles. The summed E-state index contributed by atoms with van der Waals surface area (Å²) in [6, 6.07) is 3.25. The molecule has 1 aromatic carbocycles. The Morgan fingerprint density at radius 3 is 2.74 bits per heavy atom. The molecule has 0 spiro atoms. The predicted octanol–water partition coefficient (Wildman–Crippen LogP) is 2.87. The molecule has 19 heavy (non-hydrogen) atoms. The van der Waals surface area contributed by atoms with Crippen molar-refractivity contribution in [2.24, 2.45) is 11.7 Å². The molecule has 2 N–H and O–H groups in total. The molecule has 2 rings (SSSR count). The fraction of sp³-hybridized carbons (Fsp3) is 0.357. The van der Waals surface area contributed by atoms with E-state index in [1.54, 1.807) is 17.1 Å². The Morgan fingerprint density at radius 1 is 1.32 bits per heavy atom. The van der Waals surface area contributed by atoms with Crippen LogP contribution in [0.15, 0.2) is 30.7 Å². The normalized spacial score (nSPS) is 12.9. The number of imidazole rings is 1. The average Bonchev–Trinajstić information content (AvgIpc) is 2.81. The molecule has 1 unspecified atom stereocenters. The van der Waals surface area contributed by atoms with Gasteiger partial charge in [0, 0.05) is 17.8 Å². The van der Waals surface area contributed by atoms with Gasteiger partial charge in [0.15, 0.2) is 0 Å². The lowest BCUT2D eigenvalue weighted by atomic mass is 10.0. The van der Waals surface area contributed by atoms with Crippen LogP contribution in [0.5, 0.6) is 0 Å². The molecule has 1 heterocycles. The van der Waals surface area contributed by atoms with E-state index in [9.17, 15) is 8.78 Å². The summed E-state index contributed by atoms with van der Waals surface area (Å²) in [4.78, 5) is 4.04. The van der Waals surface area contributed by atoms with E-state index in [-0.39, 0.29) is 24.1 Å². The number of aromatic nitrogens is 2. The van der Waals surface area contributed by atoms with E-state index >= 15 is 0 Å². The van der Waals surface area contributed by atoms with Crippen molar-refractivity contribution in [3.63, 3.8) is 0 Å². The van der Waals surface area contributed by atoms with Crippen molar-refractivity contribution in [3.05, 3.63) is 53.6 Å². The van der Waals surface area contributed by atoms with Crippen molar-refractivity contribution >= 4 is 0 Å². The highest BCUT2D eigenvalue weighted by atomic mass is 19.1. The lowest BCUT2D eigenvalue weighted by Gasteiger charge is -2.18. The lowest BCUT2D eigenvalue weighted by molar-refractivity contribution is 0.481. The van der Waals surface area contributed by atoms with Crippen LogP contribution >= 0.6 is 0 Å². The molecule has 102 valence electrons. The molecule has 0 aliphatic carbocycles. The molecular formula is C14H17F2N3. The van der Waals surface area contributed by atoms with Gasteiger partial charge in [-0.05, 0) is 24.1 Å². The number of nitrogens with two attached hydrogens (primary N) is 1. The summed E-state index contributed by atoms with van der Waals surface area (Å²) in [5.41, 5.74) is 7.18. The number of rotatable bonds is 4. The third kappa shape index (κ3) is 2.98. The fourth-order valence-electron chi connectivity index (χ4n) is 1.93. The van der Waals surface area contributed by atoms with E-state index in [0.29, 0.717) is 0 Å². The lowest BCUT2D eigenvalue weighted by Crippen LogP contribution is -2.20. The maximum atomic E-state index is 13.6. The Kier molecular flexibility index (Phi) is 3.95. The van der Waals surface area contributed by atoms with Crippen molar-refractivity contribution in [1.82, 2.24) is 9.55 Å². The van der Waals surface area contributed by atoms with Gasteiger partial charge < -0.3 is 10.3 Å². The number of halogens is 2. The van der Waals surface area contributed by atoms with E-state index < -0.39 is 11.6 Å². The minimum absolute atomic E-state index is 0.181. The monoisotopic (exact) mass is 265 g/mol. The highest BCUT2D eigenvalue weighted by Crippen LogP contribution is 2.20. The first-order valence-corrected chi connectivity index (χ1v) is 6.18. The standard InChI is InChI=1S/C14H17F2N3/c1-9(2)14(17)13-6-18-8-19(13)7-10-5-11(15)3-4-12(10)16/h3-6,8-9,14H,7,17H2,1-2H3. The molecule has 0 aliphatic rings. The van der Waals surface area contributed by atoms with Crippen molar-refractivity contribution in [2.75, 3.05) is 0 Å². The number of nitrogens with zero attached hydrogens (tertiary/aromatic N) is 2. The van der Waals surface area contributed by atoms with Crippen molar-refractivity contribution in [2.45, 2.75) is 26.4 Å². The Balaban J connectivity index is 2.29. The van der Waals surface area contributed by atoms with Gasteiger partial charge in [-0.1, -0.05) is 13.8 Å². The Labute approximate surface area is 111 Å². The zero-order chi connectivity index (χ0) is 14.0. The second-order valence-electron chi connectivity index (χ2n) is 4.95. The van der Waals surface area contributed by atoms with Gasteiger partial charge in [0.25, 0.3) is 0 Å². The summed E-state index contributed by atoms with van der Waals surface area (Å²) in [6.07, 6.45) is 3.25. The van der Waals surface area contributed by atoms with Crippen LogP contribution in [0.3, 0.4) is 0 Å². The number of benzene rings is 1. The second kappa shape index (κ2) is 5.48. The van der Waals surface area contributed by atoms with E-state index in [4.69, 9.17) is 5.73 Å². The summed E-state index contributed by atoms with van der Waals surface area (Å²) in [5.74, 6) is -0.641. The molecule has 5 heteroatoms. The largest absolute Gasteiger partial charge is 0.329 e. The molecule has 3 nitrogen and oxygen atoms in total. The topological polar surface area (TPSA) is 43.8 Å². The summed E-state index contributed by atoms with van der Waals surface area (Å²) < 4.78 is 28.5. The predicted molar refractivity (Wildman–Crippen MR) is 69.5 cm³/mol. The summed E-state index contributed by atoms with van der Waals surface area (Å²) >= 11 is 0. The van der Waals surface area contributed by atoms with Crippen molar-refractivity contribution in [1.29, 1.82) is 0 Å². The zero-order valence-electron chi connectivity index (χ0n) is 11.0. The van der Waals surface area contributed by atoms with E-state index in [2.05, 4.69) is 4.98 Å². The number of hydrogen-bond acceptors (Lipinski definition) is 2. The third-order valence-corrected chi connectivity index (χ3v) is 3.15. The van der Waals surface area contributed by atoms with Crippen LogP contribution in [0.1, 0.15) is 31.1 Å². The highest BCUT2D eigenvalue weighted by molar-refractivity contribution is 5.20. The van der Waals surface area contributed by atoms with Crippen molar-refractivity contribution in [3.8, 4) is 0 Å². The summed E-state index contributed by atoms with van der Waals surface area (Å²) in [6.45, 7) is 4.23. The van der Waals surface area contributed by atoms with E-state index in [0.717, 1.165) is 17.8 Å². The zero-order valence-corrected chi connectivity index (χ0v) is 11.0. The van der Waals surface area contributed by atoms with Gasteiger partial charge in [0.05, 0.1) is 18.6 Å². The van der Waals surface area contributed by atoms with E-state index in [1.807, 2.05) is 13.8 Å². The van der Waals surface area contributed by atoms with Crippen LogP contribution in [0, 0.1) is 17.6 Å². The first-order chi connectivity index (χ1) is 8.99. The smallest absolute Gasteiger partial charge is 0.128 e. The first-order valence-electron chi connectivity index (χ1n) is 6.18. The van der Waals surface area contributed by atoms with Gasteiger partial charge in [0.2, 0.25) is 0 Å². The van der Waals surface area contributed by atoms with Gasteiger partial charge in [-0.3, -0.25) is 0 Å². The summed E-state index contributed by atoms with van der Waals surface area (Å²) in [5, 5.41) is 0. The highest BCUT2D eigenvalue weighted by Gasteiger charge is 2.16.